The zero-order valence-electron chi connectivity index (χ0n) is 33.8. The van der Waals surface area contributed by atoms with Crippen LogP contribution in [-0.2, 0) is 5.41 Å². The van der Waals surface area contributed by atoms with Crippen molar-refractivity contribution in [2.75, 3.05) is 4.90 Å². The van der Waals surface area contributed by atoms with Gasteiger partial charge in [0.15, 0.2) is 5.58 Å². The highest BCUT2D eigenvalue weighted by Crippen LogP contribution is 2.64. The average Bonchev–Trinajstić information content (AvgIpc) is 3.87. The van der Waals surface area contributed by atoms with Gasteiger partial charge < -0.3 is 9.32 Å². The van der Waals surface area contributed by atoms with Gasteiger partial charge in [0, 0.05) is 43.8 Å². The van der Waals surface area contributed by atoms with Crippen LogP contribution < -0.4 is 4.90 Å². The Morgan fingerprint density at radius 3 is 1.85 bits per heavy atom. The third-order valence-corrected chi connectivity index (χ3v) is 14.7. The summed E-state index contributed by atoms with van der Waals surface area (Å²) in [6.07, 6.45) is 14.1. The fourth-order valence-corrected chi connectivity index (χ4v) is 12.0. The topological polar surface area (TPSA) is 16.4 Å². The number of furan rings is 1. The van der Waals surface area contributed by atoms with Crippen molar-refractivity contribution >= 4 is 56.3 Å². The molecule has 292 valence electrons. The predicted octanol–water partition coefficient (Wildman–Crippen LogP) is 15.9. The molecule has 2 nitrogen and oxygen atoms in total. The molecule has 0 radical (unpaired) electrons. The highest BCUT2D eigenvalue weighted by Gasteiger charge is 2.53. The third kappa shape index (κ3) is 5.19. The van der Waals surface area contributed by atoms with E-state index in [0.717, 1.165) is 39.0 Å². The summed E-state index contributed by atoms with van der Waals surface area (Å²) in [5.41, 5.74) is 17.6. The second kappa shape index (κ2) is 13.9. The van der Waals surface area contributed by atoms with E-state index in [-0.39, 0.29) is 0 Å². The summed E-state index contributed by atoms with van der Waals surface area (Å²) < 4.78 is 6.65. The molecule has 0 fully saturated rings. The number of hydrogen-bond donors (Lipinski definition) is 0. The first kappa shape index (κ1) is 35.4. The van der Waals surface area contributed by atoms with Gasteiger partial charge >= 0.3 is 0 Å². The van der Waals surface area contributed by atoms with Crippen LogP contribution in [0.2, 0.25) is 0 Å². The number of rotatable bonds is 5. The molecule has 3 heteroatoms. The molecule has 2 heterocycles. The first-order valence-electron chi connectivity index (χ1n) is 21.5. The van der Waals surface area contributed by atoms with Gasteiger partial charge in [-0.3, -0.25) is 0 Å². The zero-order valence-corrected chi connectivity index (χ0v) is 34.6. The Hall–Kier alpha value is -7.33. The molecule has 1 aliphatic heterocycles. The maximum absolute atomic E-state index is 6.65. The van der Waals surface area contributed by atoms with Gasteiger partial charge in [0.1, 0.15) is 5.58 Å². The molecule has 1 aromatic heterocycles. The smallest absolute Gasteiger partial charge is 0.159 e. The van der Waals surface area contributed by atoms with Crippen molar-refractivity contribution in [3.63, 3.8) is 0 Å². The molecule has 62 heavy (non-hydrogen) atoms. The van der Waals surface area contributed by atoms with E-state index in [4.69, 9.17) is 4.42 Å². The molecule has 3 aliphatic carbocycles. The highest BCUT2D eigenvalue weighted by molar-refractivity contribution is 7.99. The van der Waals surface area contributed by atoms with Gasteiger partial charge in [-0.25, -0.2) is 0 Å². The van der Waals surface area contributed by atoms with Crippen molar-refractivity contribution in [2.45, 2.75) is 15.2 Å². The maximum Gasteiger partial charge on any atom is 0.159 e. The van der Waals surface area contributed by atoms with Crippen LogP contribution in [0, 0.1) is 11.8 Å². The summed E-state index contributed by atoms with van der Waals surface area (Å²) in [5.74, 6) is 0.640. The van der Waals surface area contributed by atoms with Crippen LogP contribution in [0.15, 0.2) is 244 Å². The monoisotopic (exact) mass is 809 g/mol. The average molecular weight is 810 g/mol. The number of allylic oxidation sites excluding steroid dienone is 8. The van der Waals surface area contributed by atoms with Gasteiger partial charge in [0.2, 0.25) is 0 Å². The first-order chi connectivity index (χ1) is 30.7. The molecule has 8 aromatic carbocycles. The molecule has 13 rings (SSSR count). The molecule has 9 aromatic rings. The Bertz CT molecular complexity index is 3340. The van der Waals surface area contributed by atoms with Gasteiger partial charge in [0.25, 0.3) is 0 Å². The van der Waals surface area contributed by atoms with Gasteiger partial charge in [-0.1, -0.05) is 182 Å². The molecule has 0 amide bonds. The number of para-hydroxylation sites is 2. The lowest BCUT2D eigenvalue weighted by atomic mass is 9.64. The fourth-order valence-electron chi connectivity index (χ4n) is 10.8. The first-order valence-corrected chi connectivity index (χ1v) is 22.3. The van der Waals surface area contributed by atoms with E-state index in [1.807, 2.05) is 17.8 Å². The number of nitrogens with zero attached hydrogens (tertiary/aromatic N) is 1. The molecule has 0 bridgehead atoms. The number of anilines is 3. The SMILES string of the molecule is C1=CC2C=CC3=C(c4ccc(-c5ccc(N(c6ccc(-c7ccccc7)cc6)c6cccc7c6oc6ccccc67)cc5)cc4C34c3ccccc3Sc3ccccc34)C2C=C1. The van der Waals surface area contributed by atoms with Crippen molar-refractivity contribution in [1.82, 2.24) is 0 Å². The van der Waals surface area contributed by atoms with Crippen molar-refractivity contribution in [3.05, 3.63) is 252 Å². The summed E-state index contributed by atoms with van der Waals surface area (Å²) in [4.78, 5) is 4.99. The standard InChI is InChI=1S/C59H39NOS/c1-2-13-38(14-3-1)39-25-31-43(32-26-39)60(53-21-12-18-47-46-17-6-9-22-54(46)61-58(47)53)44-33-27-40(28-34-44)42-29-35-48-52(37-42)59(51-36-30-41-15-4-5-16-45(41)57(48)51)49-19-7-10-23-55(49)62-56-24-11-8-20-50(56)59/h1-37,41,45H. The van der Waals surface area contributed by atoms with Crippen molar-refractivity contribution in [1.29, 1.82) is 0 Å². The van der Waals surface area contributed by atoms with Crippen LogP contribution in [0.1, 0.15) is 22.3 Å². The molecule has 2 atom stereocenters. The summed E-state index contributed by atoms with van der Waals surface area (Å²) in [6.45, 7) is 0. The Morgan fingerprint density at radius 1 is 0.484 bits per heavy atom. The molecule has 2 unspecified atom stereocenters. The van der Waals surface area contributed by atoms with Crippen LogP contribution >= 0.6 is 11.8 Å². The lowest BCUT2D eigenvalue weighted by molar-refractivity contribution is 0.656. The van der Waals surface area contributed by atoms with E-state index >= 15 is 0 Å². The van der Waals surface area contributed by atoms with E-state index < -0.39 is 5.41 Å². The van der Waals surface area contributed by atoms with E-state index in [1.54, 1.807) is 0 Å². The predicted molar refractivity (Wildman–Crippen MR) is 257 cm³/mol. The minimum absolute atomic E-state index is 0.293. The quantitative estimate of drug-likeness (QED) is 0.172. The highest BCUT2D eigenvalue weighted by atomic mass is 32.2. The van der Waals surface area contributed by atoms with E-state index in [1.165, 1.54) is 65.4 Å². The number of fused-ring (bicyclic) bond motifs is 13. The van der Waals surface area contributed by atoms with Crippen molar-refractivity contribution in [2.24, 2.45) is 11.8 Å². The summed E-state index contributed by atoms with van der Waals surface area (Å²) in [5, 5.41) is 2.22. The summed E-state index contributed by atoms with van der Waals surface area (Å²) in [7, 11) is 0. The van der Waals surface area contributed by atoms with E-state index in [0.29, 0.717) is 11.8 Å². The molecule has 1 spiro atoms. The molecular weight excluding hydrogens is 771 g/mol. The summed E-state index contributed by atoms with van der Waals surface area (Å²) in [6, 6.07) is 68.8. The maximum atomic E-state index is 6.65. The van der Waals surface area contributed by atoms with Crippen molar-refractivity contribution in [3.8, 4) is 22.3 Å². The normalized spacial score (nSPS) is 17.5. The largest absolute Gasteiger partial charge is 0.454 e. The van der Waals surface area contributed by atoms with Crippen LogP contribution in [0.25, 0.3) is 49.8 Å². The van der Waals surface area contributed by atoms with Crippen LogP contribution in [0.5, 0.6) is 0 Å². The van der Waals surface area contributed by atoms with Crippen LogP contribution in [0.4, 0.5) is 17.1 Å². The van der Waals surface area contributed by atoms with Crippen LogP contribution in [-0.4, -0.2) is 0 Å². The minimum atomic E-state index is -0.427. The lowest BCUT2D eigenvalue weighted by Gasteiger charge is -2.41. The van der Waals surface area contributed by atoms with Crippen LogP contribution in [0.3, 0.4) is 0 Å². The molecule has 0 saturated heterocycles. The number of hydrogen-bond acceptors (Lipinski definition) is 3. The fraction of sp³-hybridized carbons (Fsp3) is 0.0508. The van der Waals surface area contributed by atoms with Gasteiger partial charge in [-0.15, -0.1) is 0 Å². The van der Waals surface area contributed by atoms with Crippen molar-refractivity contribution < 1.29 is 4.42 Å². The minimum Gasteiger partial charge on any atom is -0.454 e. The molecule has 0 N–H and O–H groups in total. The molecule has 0 saturated carbocycles. The van der Waals surface area contributed by atoms with E-state index in [2.05, 4.69) is 223 Å². The Morgan fingerprint density at radius 2 is 1.10 bits per heavy atom. The van der Waals surface area contributed by atoms with E-state index in [9.17, 15) is 0 Å². The second-order valence-corrected chi connectivity index (χ2v) is 17.8. The van der Waals surface area contributed by atoms with Gasteiger partial charge in [0.05, 0.1) is 11.1 Å². The van der Waals surface area contributed by atoms with Gasteiger partial charge in [-0.2, -0.15) is 0 Å². The Labute approximate surface area is 365 Å². The lowest BCUT2D eigenvalue weighted by Crippen LogP contribution is -2.33. The zero-order chi connectivity index (χ0) is 40.8. The Balaban J connectivity index is 0.967. The Kier molecular flexibility index (Phi) is 7.92. The molecule has 4 aliphatic rings. The number of benzene rings is 8. The second-order valence-electron chi connectivity index (χ2n) is 16.7. The third-order valence-electron chi connectivity index (χ3n) is 13.5. The molecular formula is C59H39NOS. The summed E-state index contributed by atoms with van der Waals surface area (Å²) >= 11 is 1.90. The van der Waals surface area contributed by atoms with Gasteiger partial charge in [-0.05, 0) is 110 Å².